The van der Waals surface area contributed by atoms with Crippen LogP contribution in [0, 0.1) is 6.92 Å². The van der Waals surface area contributed by atoms with Gasteiger partial charge in [-0.2, -0.15) is 13.2 Å². The molecule has 0 saturated carbocycles. The van der Waals surface area contributed by atoms with Crippen molar-refractivity contribution in [2.45, 2.75) is 19.2 Å². The van der Waals surface area contributed by atoms with Gasteiger partial charge < -0.3 is 14.6 Å². The number of aromatic nitrogens is 2. The van der Waals surface area contributed by atoms with E-state index in [9.17, 15) is 18.0 Å². The van der Waals surface area contributed by atoms with Crippen LogP contribution in [0.4, 0.5) is 19.0 Å². The molecule has 0 spiro atoms. The summed E-state index contributed by atoms with van der Waals surface area (Å²) in [4.78, 5) is 20.4. The van der Waals surface area contributed by atoms with Crippen molar-refractivity contribution < 1.29 is 17.9 Å². The molecule has 1 unspecified atom stereocenters. The predicted molar refractivity (Wildman–Crippen MR) is 81.9 cm³/mol. The van der Waals surface area contributed by atoms with Gasteiger partial charge in [0.15, 0.2) is 0 Å². The Balaban J connectivity index is 1.79. The van der Waals surface area contributed by atoms with Crippen LogP contribution in [0.1, 0.15) is 23.1 Å². The van der Waals surface area contributed by atoms with E-state index in [1.807, 2.05) is 4.90 Å². The molecule has 1 aliphatic heterocycles. The molecule has 0 radical (unpaired) electrons. The van der Waals surface area contributed by atoms with E-state index in [-0.39, 0.29) is 11.7 Å². The summed E-state index contributed by atoms with van der Waals surface area (Å²) in [5.74, 6) is 1.05. The van der Waals surface area contributed by atoms with Crippen molar-refractivity contribution in [3.05, 3.63) is 57.6 Å². The van der Waals surface area contributed by atoms with Crippen molar-refractivity contribution in [1.82, 2.24) is 9.97 Å². The van der Waals surface area contributed by atoms with Crippen LogP contribution in [0.3, 0.4) is 0 Å². The number of nitrogens with one attached hydrogen (secondary N) is 1. The number of H-pyrrole nitrogens is 1. The number of anilines is 1. The normalized spacial score (nSPS) is 18.7. The van der Waals surface area contributed by atoms with Gasteiger partial charge in [0.25, 0.3) is 5.56 Å². The summed E-state index contributed by atoms with van der Waals surface area (Å²) in [7, 11) is 0. The number of alkyl halides is 3. The van der Waals surface area contributed by atoms with Crippen LogP contribution >= 0.6 is 0 Å². The molecule has 8 heteroatoms. The lowest BCUT2D eigenvalue weighted by Crippen LogP contribution is -2.39. The van der Waals surface area contributed by atoms with Crippen molar-refractivity contribution in [3.63, 3.8) is 0 Å². The van der Waals surface area contributed by atoms with Gasteiger partial charge in [-0.1, -0.05) is 12.1 Å². The van der Waals surface area contributed by atoms with Crippen LogP contribution in [0.25, 0.3) is 0 Å². The number of rotatable bonds is 2. The molecule has 0 bridgehead atoms. The van der Waals surface area contributed by atoms with Crippen molar-refractivity contribution in [3.8, 4) is 0 Å². The number of nitrogens with zero attached hydrogens (tertiary/aromatic N) is 2. The Bertz CT molecular complexity index is 771. The molecule has 1 aromatic carbocycles. The SMILES string of the molecule is Cc1nc(N2CCOC(c3ccc(C(F)(F)F)cc3)C2)cc(=O)[nH]1. The number of ether oxygens (including phenoxy) is 1. The Kier molecular flexibility index (Phi) is 4.31. The fraction of sp³-hybridized carbons (Fsp3) is 0.375. The predicted octanol–water partition coefficient (Wildman–Crippen LogP) is 2.68. The van der Waals surface area contributed by atoms with E-state index in [1.54, 1.807) is 6.92 Å². The third-order valence-corrected chi connectivity index (χ3v) is 3.85. The average Bonchev–Trinajstić information content (AvgIpc) is 2.53. The zero-order valence-electron chi connectivity index (χ0n) is 12.9. The third-order valence-electron chi connectivity index (χ3n) is 3.85. The molecule has 1 N–H and O–H groups in total. The standard InChI is InChI=1S/C16H16F3N3O2/c1-10-20-14(8-15(23)21-10)22-6-7-24-13(9-22)11-2-4-12(5-3-11)16(17,18)19/h2-5,8,13H,6-7,9H2,1H3,(H,20,21,23). The van der Waals surface area contributed by atoms with Gasteiger partial charge in [-0.3, -0.25) is 4.79 Å². The molecule has 24 heavy (non-hydrogen) atoms. The molecule has 1 aliphatic rings. The van der Waals surface area contributed by atoms with Crippen LogP contribution < -0.4 is 10.5 Å². The quantitative estimate of drug-likeness (QED) is 0.914. The van der Waals surface area contributed by atoms with E-state index in [0.29, 0.717) is 36.9 Å². The molecule has 1 atom stereocenters. The molecule has 3 rings (SSSR count). The Morgan fingerprint density at radius 1 is 1.29 bits per heavy atom. The van der Waals surface area contributed by atoms with Crippen LogP contribution in [0.15, 0.2) is 35.1 Å². The van der Waals surface area contributed by atoms with E-state index in [4.69, 9.17) is 4.74 Å². The number of benzene rings is 1. The van der Waals surface area contributed by atoms with E-state index in [1.165, 1.54) is 18.2 Å². The highest BCUT2D eigenvalue weighted by Gasteiger charge is 2.31. The van der Waals surface area contributed by atoms with Gasteiger partial charge in [-0.05, 0) is 24.6 Å². The van der Waals surface area contributed by atoms with Crippen molar-refractivity contribution >= 4 is 5.82 Å². The number of aryl methyl sites for hydroxylation is 1. The van der Waals surface area contributed by atoms with E-state index in [2.05, 4.69) is 9.97 Å². The molecule has 1 aromatic heterocycles. The van der Waals surface area contributed by atoms with Gasteiger partial charge >= 0.3 is 6.18 Å². The van der Waals surface area contributed by atoms with Crippen LogP contribution in [-0.4, -0.2) is 29.7 Å². The monoisotopic (exact) mass is 339 g/mol. The molecule has 2 aromatic rings. The summed E-state index contributed by atoms with van der Waals surface area (Å²) < 4.78 is 43.6. The Morgan fingerprint density at radius 3 is 2.62 bits per heavy atom. The topological polar surface area (TPSA) is 58.2 Å². The van der Waals surface area contributed by atoms with Crippen molar-refractivity contribution in [2.75, 3.05) is 24.6 Å². The number of aromatic amines is 1. The average molecular weight is 339 g/mol. The van der Waals surface area contributed by atoms with Crippen molar-refractivity contribution in [1.29, 1.82) is 0 Å². The molecule has 128 valence electrons. The van der Waals surface area contributed by atoms with Crippen LogP contribution in [-0.2, 0) is 10.9 Å². The van der Waals surface area contributed by atoms with Crippen LogP contribution in [0.5, 0.6) is 0 Å². The zero-order chi connectivity index (χ0) is 17.3. The molecule has 0 aliphatic carbocycles. The van der Waals surface area contributed by atoms with E-state index < -0.39 is 11.7 Å². The first kappa shape index (κ1) is 16.5. The van der Waals surface area contributed by atoms with Crippen molar-refractivity contribution in [2.24, 2.45) is 0 Å². The minimum atomic E-state index is -4.36. The lowest BCUT2D eigenvalue weighted by molar-refractivity contribution is -0.137. The van der Waals surface area contributed by atoms with Gasteiger partial charge in [0.1, 0.15) is 17.7 Å². The second-order valence-corrected chi connectivity index (χ2v) is 5.61. The summed E-state index contributed by atoms with van der Waals surface area (Å²) in [5.41, 5.74) is -0.268. The maximum Gasteiger partial charge on any atom is 0.416 e. The molecular formula is C16H16F3N3O2. The maximum absolute atomic E-state index is 12.6. The smallest absolute Gasteiger partial charge is 0.370 e. The van der Waals surface area contributed by atoms with Gasteiger partial charge in [0, 0.05) is 19.2 Å². The highest BCUT2D eigenvalue weighted by molar-refractivity contribution is 5.39. The highest BCUT2D eigenvalue weighted by atomic mass is 19.4. The molecule has 0 amide bonds. The fourth-order valence-electron chi connectivity index (χ4n) is 2.67. The summed E-state index contributed by atoms with van der Waals surface area (Å²) in [6.45, 7) is 3.08. The van der Waals surface area contributed by atoms with Gasteiger partial charge in [-0.15, -0.1) is 0 Å². The second-order valence-electron chi connectivity index (χ2n) is 5.61. The molecule has 2 heterocycles. The van der Waals surface area contributed by atoms with Gasteiger partial charge in [0.05, 0.1) is 12.2 Å². The summed E-state index contributed by atoms with van der Waals surface area (Å²) in [6, 6.07) is 6.35. The molecule has 1 fully saturated rings. The van der Waals surface area contributed by atoms with E-state index in [0.717, 1.165) is 12.1 Å². The number of halogens is 3. The molecule has 5 nitrogen and oxygen atoms in total. The Morgan fingerprint density at radius 2 is 2.00 bits per heavy atom. The second kappa shape index (κ2) is 6.27. The first-order chi connectivity index (χ1) is 11.3. The zero-order valence-corrected chi connectivity index (χ0v) is 12.9. The highest BCUT2D eigenvalue weighted by Crippen LogP contribution is 2.31. The number of morpholine rings is 1. The first-order valence-electron chi connectivity index (χ1n) is 7.44. The summed E-state index contributed by atoms with van der Waals surface area (Å²) in [6.07, 6.45) is -4.73. The number of hydrogen-bond donors (Lipinski definition) is 1. The summed E-state index contributed by atoms with van der Waals surface area (Å²) >= 11 is 0. The third kappa shape index (κ3) is 3.59. The Hall–Kier alpha value is -2.35. The lowest BCUT2D eigenvalue weighted by atomic mass is 10.1. The largest absolute Gasteiger partial charge is 0.416 e. The molecular weight excluding hydrogens is 323 g/mol. The Labute approximate surface area is 136 Å². The molecule has 1 saturated heterocycles. The minimum absolute atomic E-state index is 0.241. The van der Waals surface area contributed by atoms with Gasteiger partial charge in [-0.25, -0.2) is 4.98 Å². The number of hydrogen-bond acceptors (Lipinski definition) is 4. The minimum Gasteiger partial charge on any atom is -0.370 e. The van der Waals surface area contributed by atoms with E-state index >= 15 is 0 Å². The summed E-state index contributed by atoms with van der Waals surface area (Å²) in [5, 5.41) is 0. The van der Waals surface area contributed by atoms with Gasteiger partial charge in [0.2, 0.25) is 0 Å². The fourth-order valence-corrected chi connectivity index (χ4v) is 2.67. The maximum atomic E-state index is 12.6. The van der Waals surface area contributed by atoms with Crippen LogP contribution in [0.2, 0.25) is 0 Å². The first-order valence-corrected chi connectivity index (χ1v) is 7.44. The lowest BCUT2D eigenvalue weighted by Gasteiger charge is -2.34.